The Kier molecular flexibility index (Phi) is 4.00. The van der Waals surface area contributed by atoms with E-state index in [1.807, 2.05) is 0 Å². The number of piperazine rings is 1. The molecule has 1 fully saturated rings. The van der Waals surface area contributed by atoms with E-state index in [2.05, 4.69) is 10.2 Å². The number of carbonyl (C=O) groups excluding carboxylic acids is 1. The Balaban J connectivity index is 1.63. The third-order valence-electron chi connectivity index (χ3n) is 3.66. The normalized spacial score (nSPS) is 16.0. The average Bonchev–Trinajstić information content (AvgIpc) is 3.15. The number of hydrogen-bond acceptors (Lipinski definition) is 5. The van der Waals surface area contributed by atoms with E-state index in [0.717, 1.165) is 0 Å². The highest BCUT2D eigenvalue weighted by molar-refractivity contribution is 7.15. The second-order valence-corrected chi connectivity index (χ2v) is 6.13. The molecule has 2 aromatic heterocycles. The summed E-state index contributed by atoms with van der Waals surface area (Å²) in [6, 6.07) is 3.54. The smallest absolute Gasteiger partial charge is 0.347 e. The zero-order chi connectivity index (χ0) is 16.6. The van der Waals surface area contributed by atoms with Gasteiger partial charge in [0.25, 0.3) is 5.91 Å². The third kappa shape index (κ3) is 3.16. The fourth-order valence-corrected chi connectivity index (χ4v) is 3.17. The van der Waals surface area contributed by atoms with Crippen LogP contribution in [0.25, 0.3) is 0 Å². The monoisotopic (exact) mass is 345 g/mol. The number of anilines is 1. The van der Waals surface area contributed by atoms with Gasteiger partial charge in [-0.2, -0.15) is 13.2 Å². The minimum Gasteiger partial charge on any atom is -0.347 e. The van der Waals surface area contributed by atoms with Crippen molar-refractivity contribution in [3.8, 4) is 0 Å². The number of rotatable bonds is 2. The van der Waals surface area contributed by atoms with Crippen molar-refractivity contribution >= 4 is 22.4 Å². The maximum atomic E-state index is 12.6. The number of carbonyl (C=O) groups is 1. The van der Waals surface area contributed by atoms with E-state index in [0.29, 0.717) is 43.2 Å². The highest BCUT2D eigenvalue weighted by atomic mass is 32.1. The number of amides is 1. The van der Waals surface area contributed by atoms with E-state index in [1.54, 1.807) is 39.7 Å². The number of aromatic nitrogens is 3. The fraction of sp³-hybridized carbons (Fsp3) is 0.462. The molecular weight excluding hydrogens is 331 g/mol. The van der Waals surface area contributed by atoms with Crippen LogP contribution in [0.1, 0.15) is 15.5 Å². The number of alkyl halides is 3. The molecule has 0 atom stereocenters. The molecule has 0 N–H and O–H groups in total. The summed E-state index contributed by atoms with van der Waals surface area (Å²) in [7, 11) is 1.80. The van der Waals surface area contributed by atoms with Gasteiger partial charge in [-0.3, -0.25) is 4.79 Å². The van der Waals surface area contributed by atoms with Crippen LogP contribution in [-0.2, 0) is 13.2 Å². The third-order valence-corrected chi connectivity index (χ3v) is 4.69. The first-order valence-electron chi connectivity index (χ1n) is 6.92. The number of aryl methyl sites for hydroxylation is 1. The van der Waals surface area contributed by atoms with Crippen LogP contribution in [-0.4, -0.2) is 51.8 Å². The minimum absolute atomic E-state index is 0.0783. The van der Waals surface area contributed by atoms with Gasteiger partial charge in [0.2, 0.25) is 10.1 Å². The maximum absolute atomic E-state index is 12.6. The lowest BCUT2D eigenvalue weighted by Gasteiger charge is -2.34. The summed E-state index contributed by atoms with van der Waals surface area (Å²) in [4.78, 5) is 15.8. The van der Waals surface area contributed by atoms with E-state index in [9.17, 15) is 18.0 Å². The first kappa shape index (κ1) is 15.8. The van der Waals surface area contributed by atoms with Crippen molar-refractivity contribution in [3.05, 3.63) is 29.0 Å². The SMILES string of the molecule is Cn1cccc1C(=O)N1CCN(c2nnc(C(F)(F)F)s2)CC1. The molecule has 0 bridgehead atoms. The van der Waals surface area contributed by atoms with Gasteiger partial charge in [0.1, 0.15) is 5.69 Å². The van der Waals surface area contributed by atoms with E-state index in [-0.39, 0.29) is 11.0 Å². The highest BCUT2D eigenvalue weighted by Crippen LogP contribution is 2.34. The van der Waals surface area contributed by atoms with E-state index in [4.69, 9.17) is 0 Å². The molecule has 1 saturated heterocycles. The molecule has 2 aromatic rings. The van der Waals surface area contributed by atoms with Crippen LogP contribution in [0.5, 0.6) is 0 Å². The fourth-order valence-electron chi connectivity index (χ4n) is 2.40. The molecule has 0 aromatic carbocycles. The summed E-state index contributed by atoms with van der Waals surface area (Å²) in [6.07, 6.45) is -2.68. The van der Waals surface area contributed by atoms with Crippen molar-refractivity contribution in [1.29, 1.82) is 0 Å². The molecule has 3 rings (SSSR count). The lowest BCUT2D eigenvalue weighted by Crippen LogP contribution is -2.49. The summed E-state index contributed by atoms with van der Waals surface area (Å²) in [5.74, 6) is -0.0783. The summed E-state index contributed by atoms with van der Waals surface area (Å²) < 4.78 is 39.4. The molecule has 0 aliphatic carbocycles. The van der Waals surface area contributed by atoms with Crippen LogP contribution in [0.4, 0.5) is 18.3 Å². The van der Waals surface area contributed by atoms with Crippen molar-refractivity contribution in [3.63, 3.8) is 0 Å². The molecule has 6 nitrogen and oxygen atoms in total. The topological polar surface area (TPSA) is 54.3 Å². The summed E-state index contributed by atoms with van der Waals surface area (Å²) >= 11 is 0.527. The van der Waals surface area contributed by atoms with E-state index < -0.39 is 11.2 Å². The average molecular weight is 345 g/mol. The summed E-state index contributed by atoms with van der Waals surface area (Å²) in [6.45, 7) is 1.74. The lowest BCUT2D eigenvalue weighted by molar-refractivity contribution is -0.138. The van der Waals surface area contributed by atoms with Gasteiger partial charge in [0.05, 0.1) is 0 Å². The van der Waals surface area contributed by atoms with Crippen molar-refractivity contribution in [2.24, 2.45) is 7.05 Å². The second-order valence-electron chi connectivity index (χ2n) is 5.17. The number of hydrogen-bond donors (Lipinski definition) is 0. The van der Waals surface area contributed by atoms with Gasteiger partial charge in [-0.15, -0.1) is 10.2 Å². The van der Waals surface area contributed by atoms with Gasteiger partial charge < -0.3 is 14.4 Å². The summed E-state index contributed by atoms with van der Waals surface area (Å²) in [5.41, 5.74) is 0.591. The van der Waals surface area contributed by atoms with Gasteiger partial charge in [0.15, 0.2) is 0 Å². The standard InChI is InChI=1S/C13H14F3N5OS/c1-19-4-2-3-9(19)10(22)20-5-7-21(8-6-20)12-18-17-11(23-12)13(14,15)16/h2-4H,5-8H2,1H3. The molecule has 1 aliphatic rings. The van der Waals surface area contributed by atoms with Crippen molar-refractivity contribution in [2.45, 2.75) is 6.18 Å². The van der Waals surface area contributed by atoms with Crippen LogP contribution < -0.4 is 4.90 Å². The zero-order valence-corrected chi connectivity index (χ0v) is 13.1. The molecule has 124 valence electrons. The first-order chi connectivity index (χ1) is 10.9. The Morgan fingerprint density at radius 3 is 2.43 bits per heavy atom. The molecular formula is C13H14F3N5OS. The molecule has 0 unspecified atom stereocenters. The van der Waals surface area contributed by atoms with Crippen LogP contribution in [0.3, 0.4) is 0 Å². The highest BCUT2D eigenvalue weighted by Gasteiger charge is 2.36. The van der Waals surface area contributed by atoms with Crippen molar-refractivity contribution in [1.82, 2.24) is 19.7 Å². The van der Waals surface area contributed by atoms with E-state index >= 15 is 0 Å². The molecule has 23 heavy (non-hydrogen) atoms. The first-order valence-corrected chi connectivity index (χ1v) is 7.74. The summed E-state index contributed by atoms with van der Waals surface area (Å²) in [5, 5.41) is 6.08. The molecule has 0 saturated carbocycles. The Labute approximate surface area is 134 Å². The van der Waals surface area contributed by atoms with Gasteiger partial charge in [0, 0.05) is 39.4 Å². The quantitative estimate of drug-likeness (QED) is 0.834. The number of halogens is 3. The van der Waals surface area contributed by atoms with Crippen LogP contribution in [0, 0.1) is 0 Å². The van der Waals surface area contributed by atoms with Gasteiger partial charge in [-0.25, -0.2) is 0 Å². The van der Waals surface area contributed by atoms with Crippen molar-refractivity contribution < 1.29 is 18.0 Å². The predicted octanol–water partition coefficient (Wildman–Crippen LogP) is 1.86. The molecule has 1 aliphatic heterocycles. The molecule has 0 radical (unpaired) electrons. The second kappa shape index (κ2) is 5.84. The lowest BCUT2D eigenvalue weighted by atomic mass is 10.3. The Morgan fingerprint density at radius 1 is 1.22 bits per heavy atom. The van der Waals surface area contributed by atoms with Crippen LogP contribution >= 0.6 is 11.3 Å². The largest absolute Gasteiger partial charge is 0.445 e. The van der Waals surface area contributed by atoms with Crippen LogP contribution in [0.2, 0.25) is 0 Å². The number of nitrogens with zero attached hydrogens (tertiary/aromatic N) is 5. The maximum Gasteiger partial charge on any atom is 0.445 e. The Hall–Kier alpha value is -2.10. The molecule has 0 spiro atoms. The predicted molar refractivity (Wildman–Crippen MR) is 78.4 cm³/mol. The van der Waals surface area contributed by atoms with Crippen molar-refractivity contribution in [2.75, 3.05) is 31.1 Å². The Morgan fingerprint density at radius 2 is 1.91 bits per heavy atom. The van der Waals surface area contributed by atoms with Crippen LogP contribution in [0.15, 0.2) is 18.3 Å². The molecule has 1 amide bonds. The van der Waals surface area contributed by atoms with E-state index in [1.165, 1.54) is 0 Å². The minimum atomic E-state index is -4.47. The Bertz CT molecular complexity index is 703. The zero-order valence-electron chi connectivity index (χ0n) is 12.2. The van der Waals surface area contributed by atoms with Gasteiger partial charge >= 0.3 is 6.18 Å². The van der Waals surface area contributed by atoms with Gasteiger partial charge in [-0.05, 0) is 12.1 Å². The molecule has 10 heteroatoms. The molecule has 3 heterocycles. The van der Waals surface area contributed by atoms with Gasteiger partial charge in [-0.1, -0.05) is 11.3 Å².